The molecule has 0 bridgehead atoms. The van der Waals surface area contributed by atoms with Crippen molar-refractivity contribution in [3.05, 3.63) is 46.9 Å². The highest BCUT2D eigenvalue weighted by Crippen LogP contribution is 2.19. The highest BCUT2D eigenvalue weighted by atomic mass is 19.1. The number of nitrogens with zero attached hydrogens (tertiary/aromatic N) is 1. The Balaban J connectivity index is 0.00000353. The lowest BCUT2D eigenvalue weighted by molar-refractivity contribution is -0.128. The molecule has 1 fully saturated rings. The summed E-state index contributed by atoms with van der Waals surface area (Å²) >= 11 is 0. The normalized spacial score (nSPS) is 20.0. The van der Waals surface area contributed by atoms with Gasteiger partial charge < -0.3 is 15.4 Å². The second kappa shape index (κ2) is 15.0. The predicted molar refractivity (Wildman–Crippen MR) is 128 cm³/mol. The predicted octanol–water partition coefficient (Wildman–Crippen LogP) is 5.36. The summed E-state index contributed by atoms with van der Waals surface area (Å²) in [6, 6.07) is 1.20. The topological polar surface area (TPSA) is 53.6 Å². The van der Waals surface area contributed by atoms with Gasteiger partial charge in [0.2, 0.25) is 5.91 Å². The molecule has 1 aliphatic heterocycles. The van der Waals surface area contributed by atoms with Crippen molar-refractivity contribution < 1.29 is 24.1 Å². The van der Waals surface area contributed by atoms with Gasteiger partial charge in [-0.05, 0) is 32.2 Å². The molecule has 190 valence electrons. The fourth-order valence-electron chi connectivity index (χ4n) is 3.56. The van der Waals surface area contributed by atoms with Crippen LogP contribution in [0.4, 0.5) is 13.2 Å². The van der Waals surface area contributed by atoms with E-state index in [1.165, 1.54) is 0 Å². The SMILES string of the molecule is CC.CCC[C@@H]1CCN(C)[C@@H](CN/C=C(/C(=O)NCc2c(F)cc(F)cc2F)[C@@H](C)CC)O1.[HH]. The van der Waals surface area contributed by atoms with E-state index in [4.69, 9.17) is 4.74 Å². The number of halogens is 3. The molecule has 2 N–H and O–H groups in total. The monoisotopic (exact) mass is 473 g/mol. The summed E-state index contributed by atoms with van der Waals surface area (Å²) in [6.45, 7) is 11.1. The molecule has 0 saturated carbocycles. The van der Waals surface area contributed by atoms with E-state index in [0.29, 0.717) is 24.3 Å². The molecule has 0 radical (unpaired) electrons. The van der Waals surface area contributed by atoms with Crippen molar-refractivity contribution in [2.45, 2.75) is 79.2 Å². The Morgan fingerprint density at radius 1 is 1.27 bits per heavy atom. The molecule has 1 amide bonds. The maximum Gasteiger partial charge on any atom is 0.249 e. The largest absolute Gasteiger partial charge is 0.387 e. The number of ether oxygens (including phenoxy) is 1. The second-order valence-corrected chi connectivity index (χ2v) is 8.12. The number of hydrogen-bond donors (Lipinski definition) is 2. The van der Waals surface area contributed by atoms with Crippen LogP contribution in [0.1, 0.15) is 67.3 Å². The summed E-state index contributed by atoms with van der Waals surface area (Å²) in [4.78, 5) is 14.8. The van der Waals surface area contributed by atoms with Gasteiger partial charge in [0.25, 0.3) is 0 Å². The van der Waals surface area contributed by atoms with E-state index in [-0.39, 0.29) is 31.8 Å². The molecular formula is C25H42F3N3O2. The van der Waals surface area contributed by atoms with Crippen LogP contribution in [0.5, 0.6) is 0 Å². The van der Waals surface area contributed by atoms with Gasteiger partial charge in [-0.3, -0.25) is 9.69 Å². The molecule has 5 nitrogen and oxygen atoms in total. The molecule has 1 aliphatic rings. The van der Waals surface area contributed by atoms with Crippen molar-refractivity contribution in [3.63, 3.8) is 0 Å². The van der Waals surface area contributed by atoms with Crippen molar-refractivity contribution in [1.29, 1.82) is 0 Å². The summed E-state index contributed by atoms with van der Waals surface area (Å²) in [6.07, 6.45) is 5.63. The highest BCUT2D eigenvalue weighted by molar-refractivity contribution is 5.93. The van der Waals surface area contributed by atoms with Gasteiger partial charge >= 0.3 is 0 Å². The fourth-order valence-corrected chi connectivity index (χ4v) is 3.56. The Bertz CT molecular complexity index is 757. The van der Waals surface area contributed by atoms with E-state index in [1.54, 1.807) is 6.20 Å². The van der Waals surface area contributed by atoms with Crippen LogP contribution in [0.15, 0.2) is 23.9 Å². The third-order valence-electron chi connectivity index (χ3n) is 5.74. The number of hydrogen-bond acceptors (Lipinski definition) is 4. The van der Waals surface area contributed by atoms with Crippen LogP contribution in [0.3, 0.4) is 0 Å². The Morgan fingerprint density at radius 2 is 1.91 bits per heavy atom. The van der Waals surface area contributed by atoms with Crippen molar-refractivity contribution in [2.75, 3.05) is 20.1 Å². The van der Waals surface area contributed by atoms with E-state index in [0.717, 1.165) is 32.2 Å². The molecule has 8 heteroatoms. The molecule has 1 aromatic rings. The van der Waals surface area contributed by atoms with Crippen LogP contribution in [0.25, 0.3) is 0 Å². The Hall–Kier alpha value is -2.06. The zero-order chi connectivity index (χ0) is 25.0. The van der Waals surface area contributed by atoms with Crippen LogP contribution in [-0.2, 0) is 16.1 Å². The Morgan fingerprint density at radius 3 is 2.48 bits per heavy atom. The van der Waals surface area contributed by atoms with Gasteiger partial charge in [-0.2, -0.15) is 0 Å². The average molecular weight is 474 g/mol. The molecule has 0 aromatic heterocycles. The van der Waals surface area contributed by atoms with Crippen LogP contribution >= 0.6 is 0 Å². The smallest absolute Gasteiger partial charge is 0.249 e. The minimum absolute atomic E-state index is 0. The van der Waals surface area contributed by atoms with Gasteiger partial charge in [0.15, 0.2) is 0 Å². The average Bonchev–Trinajstić information content (AvgIpc) is 2.78. The molecule has 1 saturated heterocycles. The molecule has 0 spiro atoms. The molecule has 1 aromatic carbocycles. The molecule has 2 rings (SSSR count). The van der Waals surface area contributed by atoms with Gasteiger partial charge in [0, 0.05) is 44.0 Å². The van der Waals surface area contributed by atoms with Gasteiger partial charge in [-0.15, -0.1) is 0 Å². The molecule has 1 heterocycles. The number of likely N-dealkylation sites (N-methyl/N-ethyl adjacent to an activating group) is 1. The fraction of sp³-hybridized carbons (Fsp3) is 0.640. The first kappa shape index (κ1) is 29.0. The standard InChI is InChI=1S/C23H34F3N3O2.C2H6.H2/c1-5-7-17-8-9-29(4)22(31-17)14-27-12-18(15(3)6-2)23(30)28-13-19-20(25)10-16(24)11-21(19)26;1-2;/h10-12,15,17,22,27H,5-9,13-14H2,1-4H3,(H,28,30);1-2H3;1H/b18-12+;;/t15-,17+,22+;;/m0../s1. The zero-order valence-corrected chi connectivity index (χ0v) is 20.8. The number of amides is 1. The van der Waals surface area contributed by atoms with E-state index in [9.17, 15) is 18.0 Å². The summed E-state index contributed by atoms with van der Waals surface area (Å²) in [5.41, 5.74) is 0.111. The van der Waals surface area contributed by atoms with Crippen LogP contribution in [0, 0.1) is 23.4 Å². The van der Waals surface area contributed by atoms with Crippen LogP contribution in [-0.4, -0.2) is 43.3 Å². The van der Waals surface area contributed by atoms with Gasteiger partial charge in [0.05, 0.1) is 12.6 Å². The number of carbonyl (C=O) groups is 1. The number of nitrogens with one attached hydrogen (secondary N) is 2. The van der Waals surface area contributed by atoms with E-state index in [2.05, 4.69) is 22.5 Å². The third kappa shape index (κ3) is 9.01. The molecular weight excluding hydrogens is 431 g/mol. The molecule has 0 unspecified atom stereocenters. The first-order valence-corrected chi connectivity index (χ1v) is 12.0. The first-order valence-electron chi connectivity index (χ1n) is 12.0. The van der Waals surface area contributed by atoms with E-state index in [1.807, 2.05) is 34.7 Å². The van der Waals surface area contributed by atoms with E-state index < -0.39 is 23.4 Å². The van der Waals surface area contributed by atoms with E-state index >= 15 is 0 Å². The van der Waals surface area contributed by atoms with Gasteiger partial charge in [0.1, 0.15) is 23.7 Å². The number of benzene rings is 1. The van der Waals surface area contributed by atoms with Gasteiger partial charge in [-0.25, -0.2) is 13.2 Å². The van der Waals surface area contributed by atoms with Crippen LogP contribution in [0.2, 0.25) is 0 Å². The first-order chi connectivity index (χ1) is 15.8. The summed E-state index contributed by atoms with van der Waals surface area (Å²) in [5, 5.41) is 5.73. The van der Waals surface area contributed by atoms with Crippen molar-refractivity contribution in [2.24, 2.45) is 5.92 Å². The minimum atomic E-state index is -1.02. The number of rotatable bonds is 10. The van der Waals surface area contributed by atoms with Crippen LogP contribution < -0.4 is 10.6 Å². The molecule has 33 heavy (non-hydrogen) atoms. The lowest BCUT2D eigenvalue weighted by Crippen LogP contribution is -2.48. The quantitative estimate of drug-likeness (QED) is 0.449. The van der Waals surface area contributed by atoms with Gasteiger partial charge in [-0.1, -0.05) is 41.0 Å². The molecule has 0 aliphatic carbocycles. The minimum Gasteiger partial charge on any atom is -0.387 e. The van der Waals surface area contributed by atoms with Crippen molar-refractivity contribution in [1.82, 2.24) is 15.5 Å². The summed E-state index contributed by atoms with van der Waals surface area (Å²) in [7, 11) is 2.01. The lowest BCUT2D eigenvalue weighted by Gasteiger charge is -2.37. The maximum atomic E-state index is 13.8. The summed E-state index contributed by atoms with van der Waals surface area (Å²) in [5.74, 6) is -3.53. The van der Waals surface area contributed by atoms with Crippen molar-refractivity contribution in [3.8, 4) is 0 Å². The second-order valence-electron chi connectivity index (χ2n) is 8.12. The number of carbonyl (C=O) groups excluding carboxylic acids is 1. The maximum absolute atomic E-state index is 13.8. The highest BCUT2D eigenvalue weighted by Gasteiger charge is 2.26. The molecule has 3 atom stereocenters. The Kier molecular flexibility index (Phi) is 13.1. The summed E-state index contributed by atoms with van der Waals surface area (Å²) < 4.78 is 46.9. The van der Waals surface area contributed by atoms with Crippen molar-refractivity contribution >= 4 is 5.91 Å². The zero-order valence-electron chi connectivity index (χ0n) is 20.8. The lowest BCUT2D eigenvalue weighted by atomic mass is 9.98. The Labute approximate surface area is 198 Å². The third-order valence-corrected chi connectivity index (χ3v) is 5.74.